The molecule has 4 aromatic rings. The van der Waals surface area contributed by atoms with Crippen LogP contribution in [0.1, 0.15) is 11.4 Å². The maximum absolute atomic E-state index is 13.3. The Balaban J connectivity index is 1.49. The van der Waals surface area contributed by atoms with Gasteiger partial charge in [0.1, 0.15) is 11.6 Å². The summed E-state index contributed by atoms with van der Waals surface area (Å²) in [6, 6.07) is 15.6. The Morgan fingerprint density at radius 2 is 1.91 bits per heavy atom. The summed E-state index contributed by atoms with van der Waals surface area (Å²) < 4.78 is 22.2. The van der Waals surface area contributed by atoms with Gasteiger partial charge in [0.2, 0.25) is 11.1 Å². The van der Waals surface area contributed by atoms with Crippen molar-refractivity contribution in [2.75, 3.05) is 18.2 Å². The summed E-state index contributed by atoms with van der Waals surface area (Å²) in [4.78, 5) is 12.4. The van der Waals surface area contributed by atoms with Crippen LogP contribution in [0.4, 0.5) is 10.1 Å². The van der Waals surface area contributed by atoms with E-state index in [9.17, 15) is 9.18 Å². The highest BCUT2D eigenvalue weighted by molar-refractivity contribution is 7.99. The van der Waals surface area contributed by atoms with E-state index in [0.717, 1.165) is 17.1 Å². The number of nitrogens with zero attached hydrogens (tertiary/aromatic N) is 4. The monoisotopic (exact) mass is 471 g/mol. The van der Waals surface area contributed by atoms with Gasteiger partial charge in [-0.15, -0.1) is 10.2 Å². The number of thioether (sulfide) groups is 1. The summed E-state index contributed by atoms with van der Waals surface area (Å²) in [6.07, 6.45) is 4.31. The molecule has 0 aliphatic rings. The van der Waals surface area contributed by atoms with Crippen molar-refractivity contribution in [3.8, 4) is 5.75 Å². The molecule has 1 amide bonds. The first-order valence-electron chi connectivity index (χ1n) is 9.62. The van der Waals surface area contributed by atoms with E-state index in [1.54, 1.807) is 7.11 Å². The first kappa shape index (κ1) is 21.9. The van der Waals surface area contributed by atoms with Crippen LogP contribution >= 0.6 is 23.4 Å². The number of aromatic nitrogens is 4. The van der Waals surface area contributed by atoms with E-state index in [1.165, 1.54) is 30.0 Å². The van der Waals surface area contributed by atoms with E-state index >= 15 is 0 Å². The van der Waals surface area contributed by atoms with Crippen molar-refractivity contribution >= 4 is 35.0 Å². The largest absolute Gasteiger partial charge is 0.497 e. The van der Waals surface area contributed by atoms with Crippen LogP contribution in [-0.4, -0.2) is 38.3 Å². The fourth-order valence-corrected chi connectivity index (χ4v) is 3.95. The highest BCUT2D eigenvalue weighted by Crippen LogP contribution is 2.22. The Hall–Kier alpha value is -3.30. The number of carbonyl (C=O) groups excluding carboxylic acids is 1. The number of amides is 1. The molecule has 2 heterocycles. The zero-order valence-corrected chi connectivity index (χ0v) is 18.6. The van der Waals surface area contributed by atoms with Crippen LogP contribution in [0.15, 0.2) is 72.1 Å². The molecule has 2 aromatic carbocycles. The molecule has 1 N–H and O–H groups in total. The number of ether oxygens (including phenoxy) is 1. The minimum absolute atomic E-state index is 0.0500. The molecule has 7 nitrogen and oxygen atoms in total. The molecule has 0 saturated heterocycles. The minimum Gasteiger partial charge on any atom is -0.497 e. The van der Waals surface area contributed by atoms with Gasteiger partial charge in [-0.25, -0.2) is 9.07 Å². The van der Waals surface area contributed by atoms with Crippen LogP contribution in [0.2, 0.25) is 5.02 Å². The third-order valence-electron chi connectivity index (χ3n) is 4.55. The first-order valence-corrected chi connectivity index (χ1v) is 11.0. The lowest BCUT2D eigenvalue weighted by molar-refractivity contribution is -0.113. The van der Waals surface area contributed by atoms with Gasteiger partial charge in [-0.1, -0.05) is 35.5 Å². The van der Waals surface area contributed by atoms with Gasteiger partial charge in [-0.05, 0) is 48.0 Å². The Labute approximate surface area is 193 Å². The molecule has 0 spiro atoms. The molecule has 2 aromatic heterocycles. The summed E-state index contributed by atoms with van der Waals surface area (Å²) >= 11 is 7.02. The number of rotatable bonds is 8. The molecule has 10 heteroatoms. The van der Waals surface area contributed by atoms with Gasteiger partial charge >= 0.3 is 0 Å². The minimum atomic E-state index is -0.539. The van der Waals surface area contributed by atoms with E-state index in [-0.39, 0.29) is 16.7 Å². The van der Waals surface area contributed by atoms with E-state index < -0.39 is 5.82 Å². The highest BCUT2D eigenvalue weighted by atomic mass is 35.5. The van der Waals surface area contributed by atoms with E-state index in [2.05, 4.69) is 15.5 Å². The average Bonchev–Trinajstić information content (AvgIpc) is 3.45. The Morgan fingerprint density at radius 3 is 2.59 bits per heavy atom. The zero-order chi connectivity index (χ0) is 22.5. The Bertz CT molecular complexity index is 1210. The van der Waals surface area contributed by atoms with Crippen LogP contribution in [0.25, 0.3) is 0 Å². The summed E-state index contributed by atoms with van der Waals surface area (Å²) in [5.74, 6) is 0.793. The molecule has 164 valence electrons. The molecule has 0 fully saturated rings. The number of anilines is 1. The second kappa shape index (κ2) is 9.88. The molecular weight excluding hydrogens is 453 g/mol. The van der Waals surface area contributed by atoms with Gasteiger partial charge < -0.3 is 10.1 Å². The normalized spacial score (nSPS) is 10.8. The third-order valence-corrected chi connectivity index (χ3v) is 5.76. The van der Waals surface area contributed by atoms with Gasteiger partial charge in [-0.2, -0.15) is 0 Å². The number of hydrogen-bond acceptors (Lipinski definition) is 5. The lowest BCUT2D eigenvalue weighted by Crippen LogP contribution is -2.16. The maximum atomic E-state index is 13.3. The smallest absolute Gasteiger partial charge is 0.234 e. The molecular formula is C22H19ClFN5O2S. The van der Waals surface area contributed by atoms with Crippen molar-refractivity contribution in [1.82, 2.24) is 19.5 Å². The topological polar surface area (TPSA) is 74.0 Å². The fourth-order valence-electron chi connectivity index (χ4n) is 3.01. The molecule has 0 radical (unpaired) electrons. The highest BCUT2D eigenvalue weighted by Gasteiger charge is 2.16. The molecule has 0 atom stereocenters. The summed E-state index contributed by atoms with van der Waals surface area (Å²) in [5.41, 5.74) is 1.48. The zero-order valence-electron chi connectivity index (χ0n) is 17.0. The number of benzene rings is 2. The molecule has 0 aliphatic heterocycles. The fraction of sp³-hybridized carbons (Fsp3) is 0.136. The van der Waals surface area contributed by atoms with Crippen LogP contribution in [-0.2, 0) is 11.2 Å². The van der Waals surface area contributed by atoms with Crippen LogP contribution < -0.4 is 10.1 Å². The van der Waals surface area contributed by atoms with Gasteiger partial charge in [0.15, 0.2) is 5.82 Å². The van der Waals surface area contributed by atoms with Crippen molar-refractivity contribution in [2.45, 2.75) is 11.6 Å². The van der Waals surface area contributed by atoms with Crippen molar-refractivity contribution in [3.63, 3.8) is 0 Å². The molecule has 32 heavy (non-hydrogen) atoms. The predicted molar refractivity (Wildman–Crippen MR) is 122 cm³/mol. The second-order valence-corrected chi connectivity index (χ2v) is 8.11. The van der Waals surface area contributed by atoms with E-state index in [0.29, 0.717) is 17.3 Å². The first-order chi connectivity index (χ1) is 15.5. The van der Waals surface area contributed by atoms with Crippen LogP contribution in [0.3, 0.4) is 0 Å². The number of nitrogens with one attached hydrogen (secondary N) is 1. The lowest BCUT2D eigenvalue weighted by Gasteiger charge is -2.11. The van der Waals surface area contributed by atoms with Gasteiger partial charge in [0.05, 0.1) is 17.9 Å². The number of methoxy groups -OCH3 is 1. The lowest BCUT2D eigenvalue weighted by atomic mass is 10.1. The summed E-state index contributed by atoms with van der Waals surface area (Å²) in [5, 5.41) is 11.9. The summed E-state index contributed by atoms with van der Waals surface area (Å²) in [6.45, 7) is 0. The van der Waals surface area contributed by atoms with Gasteiger partial charge in [0, 0.05) is 24.5 Å². The molecule has 0 aliphatic carbocycles. The second-order valence-electron chi connectivity index (χ2n) is 6.76. The maximum Gasteiger partial charge on any atom is 0.234 e. The molecule has 0 saturated carbocycles. The number of halogens is 2. The van der Waals surface area contributed by atoms with Crippen molar-refractivity contribution in [3.05, 3.63) is 89.2 Å². The average molecular weight is 472 g/mol. The van der Waals surface area contributed by atoms with E-state index in [1.807, 2.05) is 58.1 Å². The molecule has 0 bridgehead atoms. The van der Waals surface area contributed by atoms with Crippen LogP contribution in [0.5, 0.6) is 5.75 Å². The Kier molecular flexibility index (Phi) is 6.77. The molecule has 0 unspecified atom stereocenters. The standard InChI is InChI=1S/C22H19ClFN5O2S/c1-31-17-7-4-15(5-8-17)12-20-26-27-22(29(20)28-10-2-3-11-28)32-14-21(30)25-16-6-9-19(24)18(23)13-16/h2-11,13H,12,14H2,1H3,(H,25,30). The number of hydrogen-bond donors (Lipinski definition) is 1. The Morgan fingerprint density at radius 1 is 1.16 bits per heavy atom. The SMILES string of the molecule is COc1ccc(Cc2nnc(SCC(=O)Nc3ccc(F)c(Cl)c3)n2-n2cccc2)cc1. The molecule has 4 rings (SSSR count). The number of carbonyl (C=O) groups is 1. The van der Waals surface area contributed by atoms with E-state index in [4.69, 9.17) is 16.3 Å². The summed E-state index contributed by atoms with van der Waals surface area (Å²) in [7, 11) is 1.63. The van der Waals surface area contributed by atoms with Gasteiger partial charge in [0.25, 0.3) is 0 Å². The van der Waals surface area contributed by atoms with Crippen molar-refractivity contribution in [1.29, 1.82) is 0 Å². The van der Waals surface area contributed by atoms with Gasteiger partial charge in [-0.3, -0.25) is 9.47 Å². The predicted octanol–water partition coefficient (Wildman–Crippen LogP) is 4.51. The quantitative estimate of drug-likeness (QED) is 0.383. The van der Waals surface area contributed by atoms with Crippen LogP contribution in [0, 0.1) is 5.82 Å². The third kappa shape index (κ3) is 5.12. The van der Waals surface area contributed by atoms with Crippen molar-refractivity contribution in [2.24, 2.45) is 0 Å². The van der Waals surface area contributed by atoms with Crippen molar-refractivity contribution < 1.29 is 13.9 Å².